The van der Waals surface area contributed by atoms with Gasteiger partial charge in [0.15, 0.2) is 5.13 Å². The van der Waals surface area contributed by atoms with E-state index in [1.165, 1.54) is 11.3 Å². The summed E-state index contributed by atoms with van der Waals surface area (Å²) in [7, 11) is 0. The lowest BCUT2D eigenvalue weighted by Gasteiger charge is -2.35. The van der Waals surface area contributed by atoms with Gasteiger partial charge >= 0.3 is 6.09 Å². The molecule has 0 aliphatic heterocycles. The third kappa shape index (κ3) is 16.0. The summed E-state index contributed by atoms with van der Waals surface area (Å²) in [4.78, 5) is 33.0. The van der Waals surface area contributed by atoms with Crippen LogP contribution in [0.1, 0.15) is 109 Å². The quantitative estimate of drug-likeness (QED) is 0.166. The van der Waals surface area contributed by atoms with Gasteiger partial charge < -0.3 is 15.0 Å². The van der Waals surface area contributed by atoms with Crippen molar-refractivity contribution < 1.29 is 14.3 Å². The van der Waals surface area contributed by atoms with Crippen molar-refractivity contribution in [1.82, 2.24) is 9.88 Å². The highest BCUT2D eigenvalue weighted by Gasteiger charge is 2.32. The zero-order valence-electron chi connectivity index (χ0n) is 27.7. The lowest BCUT2D eigenvalue weighted by atomic mass is 9.96. The first-order chi connectivity index (χ1) is 21.2. The molecular weight excluding hydrogens is 566 g/mol. The van der Waals surface area contributed by atoms with Crippen LogP contribution in [-0.4, -0.2) is 40.1 Å². The fraction of sp³-hybridized carbons (Fsp3) is 0.541. The number of allylic oxidation sites excluding steroid dienone is 12. The van der Waals surface area contributed by atoms with Gasteiger partial charge in [0.1, 0.15) is 5.60 Å². The van der Waals surface area contributed by atoms with Crippen molar-refractivity contribution in [3.8, 4) is 0 Å². The Labute approximate surface area is 270 Å². The molecule has 1 N–H and O–H groups in total. The summed E-state index contributed by atoms with van der Waals surface area (Å²) in [5.74, 6) is -0.0199. The molecule has 0 unspecified atom stereocenters. The number of ether oxygens (including phenoxy) is 1. The van der Waals surface area contributed by atoms with Gasteiger partial charge in [0.05, 0.1) is 5.69 Å². The average molecular weight is 622 g/mol. The number of rotatable bonds is 18. The van der Waals surface area contributed by atoms with Crippen LogP contribution in [0, 0.1) is 0 Å². The number of aryl methyl sites for hydroxylation is 1. The highest BCUT2D eigenvalue weighted by molar-refractivity contribution is 7.15. The summed E-state index contributed by atoms with van der Waals surface area (Å²) < 4.78 is 5.67. The Morgan fingerprint density at radius 2 is 1.43 bits per heavy atom. The second-order valence-corrected chi connectivity index (χ2v) is 13.0. The number of thiazole rings is 1. The van der Waals surface area contributed by atoms with Gasteiger partial charge in [0.2, 0.25) is 5.91 Å². The van der Waals surface area contributed by atoms with Crippen molar-refractivity contribution in [1.29, 1.82) is 0 Å². The van der Waals surface area contributed by atoms with Gasteiger partial charge in [0.25, 0.3) is 0 Å². The second-order valence-electron chi connectivity index (χ2n) is 12.0. The molecule has 242 valence electrons. The van der Waals surface area contributed by atoms with Crippen molar-refractivity contribution in [2.45, 2.75) is 123 Å². The van der Waals surface area contributed by atoms with Crippen molar-refractivity contribution in [2.24, 2.45) is 0 Å². The van der Waals surface area contributed by atoms with Crippen molar-refractivity contribution in [2.75, 3.05) is 11.9 Å². The van der Waals surface area contributed by atoms with Crippen LogP contribution in [0.5, 0.6) is 0 Å². The number of hydrogen-bond donors (Lipinski definition) is 1. The zero-order valence-corrected chi connectivity index (χ0v) is 28.5. The number of hydrogen-bond acceptors (Lipinski definition) is 5. The molecule has 1 aliphatic carbocycles. The summed E-state index contributed by atoms with van der Waals surface area (Å²) in [5, 5.41) is 3.63. The molecule has 6 nitrogen and oxygen atoms in total. The van der Waals surface area contributed by atoms with E-state index in [-0.39, 0.29) is 18.0 Å². The minimum Gasteiger partial charge on any atom is -0.444 e. The third-order valence-corrected chi connectivity index (χ3v) is 7.86. The van der Waals surface area contributed by atoms with E-state index in [9.17, 15) is 9.59 Å². The zero-order chi connectivity index (χ0) is 32.0. The lowest BCUT2D eigenvalue weighted by molar-refractivity contribution is -0.116. The number of nitrogens with one attached hydrogen (secondary N) is 1. The van der Waals surface area contributed by atoms with E-state index in [4.69, 9.17) is 4.74 Å². The van der Waals surface area contributed by atoms with Crippen molar-refractivity contribution in [3.63, 3.8) is 0 Å². The number of anilines is 1. The van der Waals surface area contributed by atoms with E-state index in [0.717, 1.165) is 74.8 Å². The number of nitrogens with zero attached hydrogens (tertiary/aromatic N) is 2. The monoisotopic (exact) mass is 621 g/mol. The molecule has 2 rings (SSSR count). The molecule has 0 saturated carbocycles. The molecule has 0 radical (unpaired) electrons. The second kappa shape index (κ2) is 21.5. The number of aromatic nitrogens is 1. The van der Waals surface area contributed by atoms with Crippen LogP contribution < -0.4 is 5.32 Å². The third-order valence-electron chi connectivity index (χ3n) is 6.83. The predicted octanol–water partition coefficient (Wildman–Crippen LogP) is 10.1. The molecule has 1 atom stereocenters. The molecule has 7 heteroatoms. The summed E-state index contributed by atoms with van der Waals surface area (Å²) in [5.41, 5.74) is 0.523. The van der Waals surface area contributed by atoms with Crippen molar-refractivity contribution >= 4 is 28.5 Å². The van der Waals surface area contributed by atoms with Crippen LogP contribution in [-0.2, 0) is 22.4 Å². The van der Waals surface area contributed by atoms with Gasteiger partial charge in [-0.25, -0.2) is 9.78 Å². The van der Waals surface area contributed by atoms with Crippen LogP contribution in [0.4, 0.5) is 9.93 Å². The van der Waals surface area contributed by atoms with Crippen LogP contribution in [0.25, 0.3) is 0 Å². The maximum Gasteiger partial charge on any atom is 0.410 e. The molecule has 0 aromatic carbocycles. The first-order valence-electron chi connectivity index (χ1n) is 16.4. The largest absolute Gasteiger partial charge is 0.444 e. The SMILES string of the molecule is CC/C=C\C/C=C\C/C=C\C/C=C\C/C=C\C/C=C\CCC(=O)Nc1nc2c(s1)C[C@H](N(CCC)C(=O)OC(C)(C)C)CC2. The Morgan fingerprint density at radius 3 is 1.95 bits per heavy atom. The Balaban J connectivity index is 1.63. The highest BCUT2D eigenvalue weighted by Crippen LogP contribution is 2.32. The molecule has 0 spiro atoms. The molecule has 1 aromatic heterocycles. The van der Waals surface area contributed by atoms with Gasteiger partial charge in [-0.15, -0.1) is 11.3 Å². The van der Waals surface area contributed by atoms with Crippen LogP contribution in [0.2, 0.25) is 0 Å². The van der Waals surface area contributed by atoms with Crippen LogP contribution >= 0.6 is 11.3 Å². The first kappa shape index (κ1) is 37.0. The van der Waals surface area contributed by atoms with Crippen LogP contribution in [0.3, 0.4) is 0 Å². The number of amides is 2. The fourth-order valence-electron chi connectivity index (χ4n) is 4.70. The molecular formula is C37H55N3O3S. The van der Waals surface area contributed by atoms with Gasteiger partial charge in [-0.2, -0.15) is 0 Å². The highest BCUT2D eigenvalue weighted by atomic mass is 32.1. The van der Waals surface area contributed by atoms with Crippen molar-refractivity contribution in [3.05, 3.63) is 83.5 Å². The smallest absolute Gasteiger partial charge is 0.410 e. The Morgan fingerprint density at radius 1 is 0.886 bits per heavy atom. The summed E-state index contributed by atoms with van der Waals surface area (Å²) >= 11 is 1.53. The summed E-state index contributed by atoms with van der Waals surface area (Å²) in [6, 6.07) is 0.0920. The first-order valence-corrected chi connectivity index (χ1v) is 17.2. The molecule has 0 fully saturated rings. The molecule has 0 bridgehead atoms. The molecule has 1 aliphatic rings. The van der Waals surface area contributed by atoms with E-state index in [2.05, 4.69) is 97.1 Å². The van der Waals surface area contributed by atoms with E-state index in [1.54, 1.807) is 0 Å². The summed E-state index contributed by atoms with van der Waals surface area (Å²) in [6.45, 7) is 10.6. The van der Waals surface area contributed by atoms with Gasteiger partial charge in [-0.3, -0.25) is 4.79 Å². The number of carbonyl (C=O) groups excluding carboxylic acids is 2. The topological polar surface area (TPSA) is 71.5 Å². The maximum atomic E-state index is 12.8. The van der Waals surface area contributed by atoms with E-state index in [0.29, 0.717) is 24.5 Å². The summed E-state index contributed by atoms with van der Waals surface area (Å²) in [6.07, 6.45) is 36.2. The van der Waals surface area contributed by atoms with E-state index >= 15 is 0 Å². The molecule has 0 saturated heterocycles. The van der Waals surface area contributed by atoms with E-state index < -0.39 is 5.60 Å². The fourth-order valence-corrected chi connectivity index (χ4v) is 5.79. The van der Waals surface area contributed by atoms with Gasteiger partial charge in [0, 0.05) is 30.3 Å². The predicted molar refractivity (Wildman–Crippen MR) is 187 cm³/mol. The normalized spacial score (nSPS) is 15.9. The molecule has 1 aromatic rings. The number of fused-ring (bicyclic) bond motifs is 1. The lowest BCUT2D eigenvalue weighted by Crippen LogP contribution is -2.46. The minimum absolute atomic E-state index is 0.0199. The Hall–Kier alpha value is -3.19. The molecule has 44 heavy (non-hydrogen) atoms. The number of carbonyl (C=O) groups is 2. The molecule has 2 amide bonds. The van der Waals surface area contributed by atoms with Crippen LogP contribution in [0.15, 0.2) is 72.9 Å². The van der Waals surface area contributed by atoms with E-state index in [1.807, 2.05) is 25.7 Å². The maximum absolute atomic E-state index is 12.8. The van der Waals surface area contributed by atoms with Gasteiger partial charge in [-0.1, -0.05) is 86.8 Å². The standard InChI is InChI=1S/C37H55N3O3S/c1-6-8-9-10-11-12-13-14-15-16-17-18-19-20-21-22-23-24-25-26-34(41)39-35-38-32-28-27-31(30-33(32)44-35)40(29-7-2)36(42)43-37(3,4)5/h8-9,11-12,14-15,17-18,20-21,23-24,31H,6-7,10,13,16,19,22,25-30H2,1-5H3,(H,38,39,41)/b9-8-,12-11-,15-14-,18-17-,21-20-,24-23-/t31-/m1/s1. The minimum atomic E-state index is -0.518. The van der Waals surface area contributed by atoms with Gasteiger partial charge in [-0.05, 0) is 85.0 Å². The Bertz CT molecular complexity index is 1170. The Kier molecular flexibility index (Phi) is 18.1. The average Bonchev–Trinajstić information content (AvgIpc) is 3.37. The molecule has 1 heterocycles.